The molecule has 4 rings (SSSR count). The summed E-state index contributed by atoms with van der Waals surface area (Å²) in [4.78, 5) is 36.0. The number of hydrogen-bond acceptors (Lipinski definition) is 3. The van der Waals surface area contributed by atoms with Gasteiger partial charge in [0.2, 0.25) is 0 Å². The van der Waals surface area contributed by atoms with Crippen LogP contribution in [0.4, 0.5) is 0 Å². The molecule has 1 heterocycles. The maximum absolute atomic E-state index is 13.6. The van der Waals surface area contributed by atoms with Crippen molar-refractivity contribution in [3.63, 3.8) is 0 Å². The number of rotatable bonds is 7. The van der Waals surface area contributed by atoms with Crippen molar-refractivity contribution in [1.82, 2.24) is 20.2 Å². The van der Waals surface area contributed by atoms with Crippen LogP contribution in [0.5, 0.6) is 0 Å². The van der Waals surface area contributed by atoms with Crippen molar-refractivity contribution in [1.29, 1.82) is 0 Å². The highest BCUT2D eigenvalue weighted by Crippen LogP contribution is 2.27. The first-order chi connectivity index (χ1) is 17.9. The van der Waals surface area contributed by atoms with Crippen LogP contribution in [-0.2, 0) is 6.54 Å². The highest BCUT2D eigenvalue weighted by molar-refractivity contribution is 5.99. The molecule has 0 radical (unpaired) electrons. The molecule has 4 aromatic rings. The largest absolute Gasteiger partial charge is 0.347 e. The zero-order chi connectivity index (χ0) is 27.6. The number of nitrogens with one attached hydrogen (secondary N) is 2. The average Bonchev–Trinajstić information content (AvgIpc) is 3.22. The number of carbonyl (C=O) groups excluding carboxylic acids is 2. The van der Waals surface area contributed by atoms with Crippen molar-refractivity contribution in [2.75, 3.05) is 6.54 Å². The normalized spacial score (nSPS) is 11.6. The fourth-order valence-electron chi connectivity index (χ4n) is 4.71. The lowest BCUT2D eigenvalue weighted by Gasteiger charge is -2.24. The molecule has 198 valence electrons. The number of nitrogens with zero attached hydrogens (tertiary/aromatic N) is 2. The van der Waals surface area contributed by atoms with Crippen molar-refractivity contribution in [3.05, 3.63) is 88.2 Å². The van der Waals surface area contributed by atoms with Crippen molar-refractivity contribution >= 4 is 22.8 Å². The predicted molar refractivity (Wildman–Crippen MR) is 154 cm³/mol. The molecular formula is C32H38N4O2. The van der Waals surface area contributed by atoms with E-state index < -0.39 is 0 Å². The summed E-state index contributed by atoms with van der Waals surface area (Å²) in [6, 6.07) is 18.0. The van der Waals surface area contributed by atoms with Crippen LogP contribution in [0, 0.1) is 20.8 Å². The second-order valence-corrected chi connectivity index (χ2v) is 11.2. The molecule has 0 saturated heterocycles. The summed E-state index contributed by atoms with van der Waals surface area (Å²) in [5.41, 5.74) is 8.08. The minimum absolute atomic E-state index is 0.0307. The molecule has 3 aromatic carbocycles. The van der Waals surface area contributed by atoms with Gasteiger partial charge in [-0.2, -0.15) is 0 Å². The Balaban J connectivity index is 1.59. The van der Waals surface area contributed by atoms with E-state index in [4.69, 9.17) is 0 Å². The van der Waals surface area contributed by atoms with E-state index in [0.717, 1.165) is 51.1 Å². The van der Waals surface area contributed by atoms with Gasteiger partial charge >= 0.3 is 0 Å². The van der Waals surface area contributed by atoms with E-state index in [0.29, 0.717) is 24.2 Å². The number of hydrogen-bond donors (Lipinski definition) is 2. The molecular weight excluding hydrogens is 472 g/mol. The molecule has 0 aliphatic rings. The van der Waals surface area contributed by atoms with Crippen LogP contribution >= 0.6 is 0 Å². The number of carbonyl (C=O) groups is 2. The predicted octanol–water partition coefficient (Wildman–Crippen LogP) is 6.74. The van der Waals surface area contributed by atoms with E-state index in [1.165, 1.54) is 0 Å². The van der Waals surface area contributed by atoms with Crippen LogP contribution in [0.3, 0.4) is 0 Å². The first-order valence-corrected chi connectivity index (χ1v) is 13.2. The summed E-state index contributed by atoms with van der Waals surface area (Å²) in [7, 11) is 0. The second kappa shape index (κ2) is 10.8. The van der Waals surface area contributed by atoms with Gasteiger partial charge in [0.15, 0.2) is 0 Å². The van der Waals surface area contributed by atoms with Gasteiger partial charge in [-0.05, 0) is 112 Å². The minimum atomic E-state index is -0.328. The molecule has 6 nitrogen and oxygen atoms in total. The molecule has 2 amide bonds. The van der Waals surface area contributed by atoms with E-state index in [-0.39, 0.29) is 17.4 Å². The van der Waals surface area contributed by atoms with Crippen LogP contribution in [-0.4, -0.2) is 38.8 Å². The van der Waals surface area contributed by atoms with E-state index in [1.807, 2.05) is 51.7 Å². The number of imidazole rings is 1. The van der Waals surface area contributed by atoms with E-state index in [9.17, 15) is 9.59 Å². The molecule has 0 unspecified atom stereocenters. The summed E-state index contributed by atoms with van der Waals surface area (Å²) < 4.78 is 0. The van der Waals surface area contributed by atoms with Crippen LogP contribution in [0.15, 0.2) is 54.6 Å². The highest BCUT2D eigenvalue weighted by atomic mass is 16.2. The summed E-state index contributed by atoms with van der Waals surface area (Å²) in [6.45, 7) is 15.0. The third-order valence-corrected chi connectivity index (χ3v) is 6.63. The van der Waals surface area contributed by atoms with Gasteiger partial charge in [0, 0.05) is 29.8 Å². The second-order valence-electron chi connectivity index (χ2n) is 11.2. The maximum atomic E-state index is 13.6. The molecule has 6 heteroatoms. The molecule has 0 aliphatic heterocycles. The standard InChI is InChI=1S/C32H38N4O2/c1-8-15-36(31(38)25-11-13-27(21(3)16-25)30(37)35-32(5,6)7)19-26-17-23(10-9-20(26)2)24-12-14-28-29(18-24)34-22(4)33-28/h9-14,16-18H,8,15,19H2,1-7H3,(H,33,34)(H,35,37). The summed E-state index contributed by atoms with van der Waals surface area (Å²) in [5.74, 6) is 0.737. The molecule has 0 bridgehead atoms. The van der Waals surface area contributed by atoms with E-state index in [1.54, 1.807) is 12.1 Å². The Morgan fingerprint density at radius 1 is 0.921 bits per heavy atom. The quantitative estimate of drug-likeness (QED) is 0.289. The Bertz CT molecular complexity index is 1490. The third kappa shape index (κ3) is 6.13. The van der Waals surface area contributed by atoms with Crippen LogP contribution in [0.1, 0.15) is 77.3 Å². The van der Waals surface area contributed by atoms with Crippen LogP contribution < -0.4 is 5.32 Å². The lowest BCUT2D eigenvalue weighted by atomic mass is 9.98. The molecule has 0 aliphatic carbocycles. The van der Waals surface area contributed by atoms with Gasteiger partial charge in [-0.15, -0.1) is 0 Å². The van der Waals surface area contributed by atoms with Gasteiger partial charge in [0.25, 0.3) is 11.8 Å². The molecule has 38 heavy (non-hydrogen) atoms. The van der Waals surface area contributed by atoms with Crippen LogP contribution in [0.25, 0.3) is 22.2 Å². The summed E-state index contributed by atoms with van der Waals surface area (Å²) in [6.07, 6.45) is 0.853. The Morgan fingerprint density at radius 2 is 1.63 bits per heavy atom. The van der Waals surface area contributed by atoms with Gasteiger partial charge in [0.05, 0.1) is 11.0 Å². The molecule has 0 fully saturated rings. The Hall–Kier alpha value is -3.93. The first kappa shape index (κ1) is 27.1. The zero-order valence-electron chi connectivity index (χ0n) is 23.5. The van der Waals surface area contributed by atoms with Gasteiger partial charge < -0.3 is 15.2 Å². The van der Waals surface area contributed by atoms with Crippen molar-refractivity contribution < 1.29 is 9.59 Å². The zero-order valence-corrected chi connectivity index (χ0v) is 23.5. The monoisotopic (exact) mass is 510 g/mol. The van der Waals surface area contributed by atoms with Gasteiger partial charge in [-0.1, -0.05) is 25.1 Å². The molecule has 0 saturated carbocycles. The lowest BCUT2D eigenvalue weighted by Crippen LogP contribution is -2.40. The Kier molecular flexibility index (Phi) is 7.72. The minimum Gasteiger partial charge on any atom is -0.347 e. The van der Waals surface area contributed by atoms with Crippen molar-refractivity contribution in [2.45, 2.75) is 67.0 Å². The average molecular weight is 511 g/mol. The first-order valence-electron chi connectivity index (χ1n) is 13.2. The number of aromatic amines is 1. The van der Waals surface area contributed by atoms with Crippen molar-refractivity contribution in [3.8, 4) is 11.1 Å². The van der Waals surface area contributed by atoms with Crippen molar-refractivity contribution in [2.24, 2.45) is 0 Å². The fourth-order valence-corrected chi connectivity index (χ4v) is 4.71. The molecule has 0 spiro atoms. The SMILES string of the molecule is CCCN(Cc1cc(-c2ccc3nc(C)[nH]c3c2)ccc1C)C(=O)c1ccc(C(=O)NC(C)(C)C)c(C)c1. The molecule has 0 atom stereocenters. The van der Waals surface area contributed by atoms with Gasteiger partial charge in [0.1, 0.15) is 5.82 Å². The third-order valence-electron chi connectivity index (χ3n) is 6.63. The van der Waals surface area contributed by atoms with Gasteiger partial charge in [-0.25, -0.2) is 4.98 Å². The number of H-pyrrole nitrogens is 1. The Morgan fingerprint density at radius 3 is 2.32 bits per heavy atom. The smallest absolute Gasteiger partial charge is 0.254 e. The topological polar surface area (TPSA) is 78.1 Å². The number of aromatic nitrogens is 2. The summed E-state index contributed by atoms with van der Waals surface area (Å²) >= 11 is 0. The highest BCUT2D eigenvalue weighted by Gasteiger charge is 2.21. The Labute approximate surface area is 225 Å². The molecule has 1 aromatic heterocycles. The summed E-state index contributed by atoms with van der Waals surface area (Å²) in [5, 5.41) is 3.00. The number of amides is 2. The van der Waals surface area contributed by atoms with Gasteiger partial charge in [-0.3, -0.25) is 9.59 Å². The number of fused-ring (bicyclic) bond motifs is 1. The van der Waals surface area contributed by atoms with E-state index in [2.05, 4.69) is 59.5 Å². The van der Waals surface area contributed by atoms with E-state index >= 15 is 0 Å². The maximum Gasteiger partial charge on any atom is 0.254 e. The fraction of sp³-hybridized carbons (Fsp3) is 0.344. The number of benzene rings is 3. The lowest BCUT2D eigenvalue weighted by molar-refractivity contribution is 0.0742. The van der Waals surface area contributed by atoms with Crippen LogP contribution in [0.2, 0.25) is 0 Å². The number of aryl methyl sites for hydroxylation is 3. The molecule has 2 N–H and O–H groups in total.